The topological polar surface area (TPSA) is 93.6 Å². The van der Waals surface area contributed by atoms with E-state index in [1.807, 2.05) is 6.92 Å². The predicted molar refractivity (Wildman–Crippen MR) is 111 cm³/mol. The van der Waals surface area contributed by atoms with Crippen LogP contribution in [0, 0.1) is 6.92 Å². The number of sulfonamides is 1. The molecule has 0 aromatic heterocycles. The van der Waals surface area contributed by atoms with Crippen LogP contribution >= 0.6 is 11.6 Å². The monoisotopic (exact) mass is 414 g/mol. The summed E-state index contributed by atoms with van der Waals surface area (Å²) in [5, 5.41) is 15.1. The van der Waals surface area contributed by atoms with Gasteiger partial charge in [-0.1, -0.05) is 29.3 Å². The number of anilines is 2. The highest BCUT2D eigenvalue weighted by atomic mass is 35.5. The first-order valence-corrected chi connectivity index (χ1v) is 10.2. The van der Waals surface area contributed by atoms with E-state index in [1.165, 1.54) is 0 Å². The Kier molecular flexibility index (Phi) is 5.87. The fraction of sp³-hybridized carbons (Fsp3) is 0.0500. The van der Waals surface area contributed by atoms with Crippen LogP contribution in [0.4, 0.5) is 17.1 Å². The normalized spacial score (nSPS) is 11.9. The number of benzene rings is 3. The number of aryl methyl sites for hydroxylation is 1. The molecule has 0 atom stereocenters. The largest absolute Gasteiger partial charge is 0.846 e. The molecule has 0 fully saturated rings. The van der Waals surface area contributed by atoms with Crippen LogP contribution in [0.5, 0.6) is 0 Å². The van der Waals surface area contributed by atoms with E-state index in [0.29, 0.717) is 22.1 Å². The summed E-state index contributed by atoms with van der Waals surface area (Å²) >= 11 is 5.79. The van der Waals surface area contributed by atoms with Crippen LogP contribution in [-0.4, -0.2) is 14.4 Å². The molecule has 0 aliphatic rings. The maximum absolute atomic E-state index is 12.4. The molecule has 0 aliphatic carbocycles. The summed E-state index contributed by atoms with van der Waals surface area (Å²) in [6.07, 6.45) is 0. The molecule has 0 bridgehead atoms. The Balaban J connectivity index is 1.67. The third kappa shape index (κ3) is 5.25. The minimum absolute atomic E-state index is 0.178. The average Bonchev–Trinajstić information content (AvgIpc) is 2.65. The van der Waals surface area contributed by atoms with E-state index < -0.39 is 16.0 Å². The number of halogens is 1. The molecule has 28 heavy (non-hydrogen) atoms. The molecule has 0 amide bonds. The van der Waals surface area contributed by atoms with Crippen molar-refractivity contribution >= 4 is 44.7 Å². The van der Waals surface area contributed by atoms with Gasteiger partial charge in [0.25, 0.3) is 10.0 Å². The van der Waals surface area contributed by atoms with Gasteiger partial charge in [-0.3, -0.25) is 4.72 Å². The third-order valence-electron chi connectivity index (χ3n) is 3.78. The van der Waals surface area contributed by atoms with Crippen LogP contribution < -0.4 is 15.1 Å². The summed E-state index contributed by atoms with van der Waals surface area (Å²) < 4.78 is 27.3. The lowest BCUT2D eigenvalue weighted by molar-refractivity contribution is -0.214. The number of nitrogens with one attached hydrogen (secondary N) is 2. The standard InChI is InChI=1S/C20H18ClN3O3S/c1-14-2-12-19(13-3-14)28(26,27)24-18-10-8-17(9-11-18)23-20(25)22-16-6-4-15(21)5-7-16/h2-13,24H,1H3,(H2,22,23,25)/p-1. The van der Waals surface area contributed by atoms with Gasteiger partial charge in [0.2, 0.25) is 0 Å². The lowest BCUT2D eigenvalue weighted by Gasteiger charge is -2.14. The lowest BCUT2D eigenvalue weighted by atomic mass is 10.2. The summed E-state index contributed by atoms with van der Waals surface area (Å²) in [6.45, 7) is 1.88. The quantitative estimate of drug-likeness (QED) is 0.489. The minimum atomic E-state index is -3.68. The van der Waals surface area contributed by atoms with E-state index >= 15 is 0 Å². The fourth-order valence-corrected chi connectivity index (χ4v) is 3.52. The summed E-state index contributed by atoms with van der Waals surface area (Å²) in [5.41, 5.74) is 2.32. The highest BCUT2D eigenvalue weighted by Gasteiger charge is 2.13. The Morgan fingerprint density at radius 2 is 1.46 bits per heavy atom. The summed E-state index contributed by atoms with van der Waals surface area (Å²) in [5.74, 6) is 0. The zero-order valence-electron chi connectivity index (χ0n) is 14.9. The van der Waals surface area contributed by atoms with Gasteiger partial charge < -0.3 is 10.4 Å². The molecule has 0 saturated carbocycles. The van der Waals surface area contributed by atoms with Crippen LogP contribution in [0.1, 0.15) is 5.56 Å². The maximum atomic E-state index is 12.4. The first-order chi connectivity index (χ1) is 13.3. The maximum Gasteiger partial charge on any atom is 0.261 e. The molecule has 3 aromatic carbocycles. The number of hydrogen-bond acceptors (Lipinski definition) is 4. The highest BCUT2D eigenvalue weighted by Crippen LogP contribution is 2.20. The van der Waals surface area contributed by atoms with E-state index in [1.54, 1.807) is 72.8 Å². The van der Waals surface area contributed by atoms with Crippen LogP contribution in [0.2, 0.25) is 5.02 Å². The molecular weight excluding hydrogens is 398 g/mol. The number of hydrogen-bond donors (Lipinski definition) is 2. The number of aliphatic imine (C=N–C) groups is 1. The molecule has 144 valence electrons. The van der Waals surface area contributed by atoms with Crippen molar-refractivity contribution in [3.05, 3.63) is 83.4 Å². The second kappa shape index (κ2) is 8.33. The van der Waals surface area contributed by atoms with Crippen molar-refractivity contribution in [3.8, 4) is 0 Å². The van der Waals surface area contributed by atoms with Gasteiger partial charge in [0.1, 0.15) is 0 Å². The van der Waals surface area contributed by atoms with Crippen molar-refractivity contribution in [2.45, 2.75) is 11.8 Å². The van der Waals surface area contributed by atoms with Crippen molar-refractivity contribution in [2.24, 2.45) is 4.99 Å². The predicted octanol–water partition coefficient (Wildman–Crippen LogP) is 3.91. The van der Waals surface area contributed by atoms with Crippen LogP contribution in [-0.2, 0) is 10.0 Å². The van der Waals surface area contributed by atoms with Crippen molar-refractivity contribution < 1.29 is 13.5 Å². The second-order valence-electron chi connectivity index (χ2n) is 6.01. The number of amidine groups is 1. The van der Waals surface area contributed by atoms with E-state index in [0.717, 1.165) is 5.56 Å². The van der Waals surface area contributed by atoms with Crippen molar-refractivity contribution in [3.63, 3.8) is 0 Å². The minimum Gasteiger partial charge on any atom is -0.846 e. The van der Waals surface area contributed by atoms with Gasteiger partial charge >= 0.3 is 0 Å². The first-order valence-electron chi connectivity index (χ1n) is 8.30. The van der Waals surface area contributed by atoms with Gasteiger partial charge in [-0.2, -0.15) is 0 Å². The molecule has 0 saturated heterocycles. The summed E-state index contributed by atoms with van der Waals surface area (Å²) in [4.78, 5) is 4.08. The Bertz CT molecular complexity index is 1080. The zero-order chi connectivity index (χ0) is 20.1. The lowest BCUT2D eigenvalue weighted by Crippen LogP contribution is -2.26. The Morgan fingerprint density at radius 3 is 2.07 bits per heavy atom. The van der Waals surface area contributed by atoms with Gasteiger partial charge in [0.05, 0.1) is 16.6 Å². The molecule has 0 radical (unpaired) electrons. The number of nitrogens with zero attached hydrogens (tertiary/aromatic N) is 1. The fourth-order valence-electron chi connectivity index (χ4n) is 2.34. The van der Waals surface area contributed by atoms with Gasteiger partial charge in [0, 0.05) is 16.4 Å². The molecular formula is C20H17ClN3O3S-. The molecule has 2 N–H and O–H groups in total. The smallest absolute Gasteiger partial charge is 0.261 e. The Labute approximate surface area is 168 Å². The Morgan fingerprint density at radius 1 is 0.893 bits per heavy atom. The average molecular weight is 415 g/mol. The molecule has 3 aromatic rings. The molecule has 3 rings (SSSR count). The van der Waals surface area contributed by atoms with E-state index in [-0.39, 0.29) is 4.90 Å². The van der Waals surface area contributed by atoms with E-state index in [2.05, 4.69) is 15.0 Å². The first kappa shape index (κ1) is 19.7. The van der Waals surface area contributed by atoms with Crippen LogP contribution in [0.3, 0.4) is 0 Å². The van der Waals surface area contributed by atoms with E-state index in [4.69, 9.17) is 11.6 Å². The van der Waals surface area contributed by atoms with Gasteiger partial charge in [-0.25, -0.2) is 13.4 Å². The zero-order valence-corrected chi connectivity index (χ0v) is 16.5. The molecule has 0 unspecified atom stereocenters. The van der Waals surface area contributed by atoms with Crippen molar-refractivity contribution in [1.29, 1.82) is 0 Å². The summed E-state index contributed by atoms with van der Waals surface area (Å²) in [6, 6.07) is 18.8. The highest BCUT2D eigenvalue weighted by molar-refractivity contribution is 7.92. The molecule has 0 spiro atoms. The number of rotatable bonds is 5. The van der Waals surface area contributed by atoms with Crippen molar-refractivity contribution in [1.82, 2.24) is 0 Å². The third-order valence-corrected chi connectivity index (χ3v) is 5.43. The van der Waals surface area contributed by atoms with Crippen LogP contribution in [0.25, 0.3) is 0 Å². The van der Waals surface area contributed by atoms with E-state index in [9.17, 15) is 13.5 Å². The summed E-state index contributed by atoms with van der Waals surface area (Å²) in [7, 11) is -3.68. The van der Waals surface area contributed by atoms with Crippen LogP contribution in [0.15, 0.2) is 82.7 Å². The Hall–Kier alpha value is -3.03. The molecule has 0 heterocycles. The van der Waals surface area contributed by atoms with Gasteiger partial charge in [-0.15, -0.1) is 0 Å². The van der Waals surface area contributed by atoms with Gasteiger partial charge in [-0.05, 0) is 67.6 Å². The molecule has 0 aliphatic heterocycles. The molecule has 6 nitrogen and oxygen atoms in total. The molecule has 8 heteroatoms. The second-order valence-corrected chi connectivity index (χ2v) is 8.13. The van der Waals surface area contributed by atoms with Gasteiger partial charge in [0.15, 0.2) is 0 Å². The van der Waals surface area contributed by atoms with Crippen molar-refractivity contribution in [2.75, 3.05) is 10.0 Å². The SMILES string of the molecule is Cc1ccc(S(=O)(=O)Nc2ccc(NC([O-])=Nc3ccc(Cl)cc3)cc2)cc1.